The van der Waals surface area contributed by atoms with Gasteiger partial charge in [-0.1, -0.05) is 24.3 Å². The van der Waals surface area contributed by atoms with Gasteiger partial charge in [0.1, 0.15) is 0 Å². The molecule has 0 spiro atoms. The minimum Gasteiger partial charge on any atom is -0.399 e. The van der Waals surface area contributed by atoms with E-state index in [1.54, 1.807) is 0 Å². The van der Waals surface area contributed by atoms with Crippen LogP contribution in [0.3, 0.4) is 0 Å². The molecule has 0 aromatic heterocycles. The maximum absolute atomic E-state index is 5.51. The molecule has 0 amide bonds. The molecule has 0 saturated carbocycles. The lowest BCUT2D eigenvalue weighted by Crippen LogP contribution is -1.91. The van der Waals surface area contributed by atoms with Crippen molar-refractivity contribution >= 4 is 11.8 Å². The molecule has 0 radical (unpaired) electrons. The Morgan fingerprint density at radius 1 is 1.18 bits per heavy atom. The van der Waals surface area contributed by atoms with Crippen molar-refractivity contribution in [1.29, 1.82) is 0 Å². The van der Waals surface area contributed by atoms with Gasteiger partial charge in [0.25, 0.3) is 0 Å². The van der Waals surface area contributed by atoms with Crippen LogP contribution < -0.4 is 11.5 Å². The topological polar surface area (TPSA) is 52.0 Å². The van der Waals surface area contributed by atoms with Gasteiger partial charge in [0, 0.05) is 12.2 Å². The molecule has 1 aromatic carbocycles. The molecule has 4 N–H and O–H groups in total. The van der Waals surface area contributed by atoms with Crippen LogP contribution in [0.4, 0.5) is 5.69 Å². The van der Waals surface area contributed by atoms with Gasteiger partial charge in [-0.15, -0.1) is 0 Å². The highest BCUT2D eigenvalue weighted by molar-refractivity contribution is 5.53. The molecule has 58 valence electrons. The Morgan fingerprint density at radius 2 is 1.82 bits per heavy atom. The lowest BCUT2D eigenvalue weighted by molar-refractivity contribution is 1.26. The van der Waals surface area contributed by atoms with E-state index in [-0.39, 0.29) is 0 Å². The molecule has 2 nitrogen and oxygen atoms in total. The van der Waals surface area contributed by atoms with Gasteiger partial charge in [0.05, 0.1) is 0 Å². The second-order valence-electron chi connectivity index (χ2n) is 2.30. The average molecular weight is 148 g/mol. The van der Waals surface area contributed by atoms with Crippen molar-refractivity contribution in [3.8, 4) is 0 Å². The first-order valence-corrected chi connectivity index (χ1v) is 3.55. The fraction of sp³-hybridized carbons (Fsp3) is 0.111. The fourth-order valence-corrected chi connectivity index (χ4v) is 0.811. The monoisotopic (exact) mass is 148 g/mol. The van der Waals surface area contributed by atoms with E-state index in [2.05, 4.69) is 0 Å². The van der Waals surface area contributed by atoms with Crippen LogP contribution in [-0.2, 0) is 0 Å². The molecule has 11 heavy (non-hydrogen) atoms. The van der Waals surface area contributed by atoms with Crippen molar-refractivity contribution in [3.63, 3.8) is 0 Å². The van der Waals surface area contributed by atoms with Crippen molar-refractivity contribution in [2.75, 3.05) is 12.3 Å². The van der Waals surface area contributed by atoms with E-state index in [9.17, 15) is 0 Å². The highest BCUT2D eigenvalue weighted by Crippen LogP contribution is 2.06. The van der Waals surface area contributed by atoms with Gasteiger partial charge in [-0.25, -0.2) is 0 Å². The Bertz CT molecular complexity index is 236. The minimum absolute atomic E-state index is 0.574. The first kappa shape index (κ1) is 7.82. The van der Waals surface area contributed by atoms with Crippen LogP contribution in [0, 0.1) is 0 Å². The number of nitrogen functional groups attached to an aromatic ring is 1. The zero-order valence-electron chi connectivity index (χ0n) is 6.33. The maximum atomic E-state index is 5.51. The number of rotatable bonds is 2. The molecule has 0 aliphatic heterocycles. The summed E-state index contributed by atoms with van der Waals surface area (Å²) in [6.07, 6.45) is 3.88. The summed E-state index contributed by atoms with van der Waals surface area (Å²) >= 11 is 0. The molecular weight excluding hydrogens is 136 g/mol. The molecule has 0 fully saturated rings. The molecule has 0 bridgehead atoms. The van der Waals surface area contributed by atoms with Gasteiger partial charge in [-0.05, 0) is 17.7 Å². The van der Waals surface area contributed by atoms with Crippen LogP contribution in [0.25, 0.3) is 6.08 Å². The van der Waals surface area contributed by atoms with Crippen LogP contribution in [0.5, 0.6) is 0 Å². The van der Waals surface area contributed by atoms with Gasteiger partial charge in [-0.3, -0.25) is 0 Å². The summed E-state index contributed by atoms with van der Waals surface area (Å²) in [5, 5.41) is 0. The van der Waals surface area contributed by atoms with E-state index in [1.165, 1.54) is 0 Å². The number of nitrogens with two attached hydrogens (primary N) is 2. The average Bonchev–Trinajstić information content (AvgIpc) is 2.04. The highest BCUT2D eigenvalue weighted by Gasteiger charge is 1.84. The minimum atomic E-state index is 0.574. The first-order chi connectivity index (χ1) is 5.33. The number of hydrogen-bond donors (Lipinski definition) is 2. The van der Waals surface area contributed by atoms with Crippen molar-refractivity contribution in [1.82, 2.24) is 0 Å². The second kappa shape index (κ2) is 3.78. The number of benzene rings is 1. The zero-order chi connectivity index (χ0) is 8.10. The predicted octanol–water partition coefficient (Wildman–Crippen LogP) is 1.24. The summed E-state index contributed by atoms with van der Waals surface area (Å²) in [5.41, 5.74) is 12.7. The van der Waals surface area contributed by atoms with Crippen LogP contribution in [0.2, 0.25) is 0 Å². The zero-order valence-corrected chi connectivity index (χ0v) is 6.33. The lowest BCUT2D eigenvalue weighted by atomic mass is 10.2. The quantitative estimate of drug-likeness (QED) is 0.620. The maximum Gasteiger partial charge on any atom is 0.0314 e. The number of anilines is 1. The Balaban J connectivity index is 2.73. The highest BCUT2D eigenvalue weighted by atomic mass is 14.5. The third-order valence-corrected chi connectivity index (χ3v) is 1.38. The van der Waals surface area contributed by atoms with Crippen molar-refractivity contribution < 1.29 is 0 Å². The predicted molar refractivity (Wildman–Crippen MR) is 48.9 cm³/mol. The Hall–Kier alpha value is -1.28. The Kier molecular flexibility index (Phi) is 2.69. The van der Waals surface area contributed by atoms with Crippen LogP contribution in [0.15, 0.2) is 30.3 Å². The smallest absolute Gasteiger partial charge is 0.0314 e. The fourth-order valence-electron chi connectivity index (χ4n) is 0.811. The van der Waals surface area contributed by atoms with Crippen LogP contribution >= 0.6 is 0 Å². The van der Waals surface area contributed by atoms with Crippen molar-refractivity contribution in [2.45, 2.75) is 0 Å². The van der Waals surface area contributed by atoms with E-state index < -0.39 is 0 Å². The van der Waals surface area contributed by atoms with Gasteiger partial charge in [0.15, 0.2) is 0 Å². The normalized spacial score (nSPS) is 10.6. The Labute approximate surface area is 66.5 Å². The molecule has 1 aromatic rings. The molecule has 0 unspecified atom stereocenters. The van der Waals surface area contributed by atoms with Crippen molar-refractivity contribution in [3.05, 3.63) is 35.9 Å². The summed E-state index contributed by atoms with van der Waals surface area (Å²) in [4.78, 5) is 0. The summed E-state index contributed by atoms with van der Waals surface area (Å²) in [7, 11) is 0. The standard InChI is InChI=1S/C9H12N2/c10-7-1-2-8-3-5-9(11)6-4-8/h1-6H,7,10-11H2. The summed E-state index contributed by atoms with van der Waals surface area (Å²) < 4.78 is 0. The van der Waals surface area contributed by atoms with Gasteiger partial charge in [0.2, 0.25) is 0 Å². The first-order valence-electron chi connectivity index (χ1n) is 3.55. The number of hydrogen-bond acceptors (Lipinski definition) is 2. The molecule has 0 saturated heterocycles. The van der Waals surface area contributed by atoms with Gasteiger partial charge < -0.3 is 11.5 Å². The summed E-state index contributed by atoms with van der Waals surface area (Å²) in [6, 6.07) is 7.66. The third-order valence-electron chi connectivity index (χ3n) is 1.38. The van der Waals surface area contributed by atoms with E-state index in [4.69, 9.17) is 11.5 Å². The molecule has 0 atom stereocenters. The van der Waals surface area contributed by atoms with Gasteiger partial charge in [-0.2, -0.15) is 0 Å². The van der Waals surface area contributed by atoms with Gasteiger partial charge >= 0.3 is 0 Å². The summed E-state index contributed by atoms with van der Waals surface area (Å²) in [6.45, 7) is 0.574. The van der Waals surface area contributed by atoms with Crippen LogP contribution in [0.1, 0.15) is 5.56 Å². The van der Waals surface area contributed by atoms with E-state index in [0.717, 1.165) is 11.3 Å². The van der Waals surface area contributed by atoms with Crippen LogP contribution in [-0.4, -0.2) is 6.54 Å². The van der Waals surface area contributed by atoms with E-state index >= 15 is 0 Å². The molecule has 0 aliphatic rings. The third kappa shape index (κ3) is 2.43. The summed E-state index contributed by atoms with van der Waals surface area (Å²) in [5.74, 6) is 0. The molecule has 0 aliphatic carbocycles. The van der Waals surface area contributed by atoms with E-state index in [1.807, 2.05) is 36.4 Å². The molecular formula is C9H12N2. The molecule has 2 heteroatoms. The van der Waals surface area contributed by atoms with E-state index in [0.29, 0.717) is 6.54 Å². The van der Waals surface area contributed by atoms with Crippen molar-refractivity contribution in [2.24, 2.45) is 5.73 Å². The SMILES string of the molecule is NCC=Cc1ccc(N)cc1. The second-order valence-corrected chi connectivity index (χ2v) is 2.30. The largest absolute Gasteiger partial charge is 0.399 e. The molecule has 0 heterocycles. The lowest BCUT2D eigenvalue weighted by Gasteiger charge is -1.93. The Morgan fingerprint density at radius 3 is 2.36 bits per heavy atom. The molecule has 1 rings (SSSR count).